The molecule has 0 atom stereocenters. The summed E-state index contributed by atoms with van der Waals surface area (Å²) in [5.74, 6) is 0.299. The van der Waals surface area contributed by atoms with E-state index in [4.69, 9.17) is 17.3 Å². The molecule has 0 unspecified atom stereocenters. The Bertz CT molecular complexity index is 294. The Balaban J connectivity index is 3.19. The van der Waals surface area contributed by atoms with E-state index in [9.17, 15) is 4.39 Å². The zero-order valence-corrected chi connectivity index (χ0v) is 7.69. The van der Waals surface area contributed by atoms with Crippen LogP contribution in [0.15, 0.2) is 12.1 Å². The first kappa shape index (κ1) is 9.26. The number of pyridine rings is 1. The minimum absolute atomic E-state index is 0.127. The summed E-state index contributed by atoms with van der Waals surface area (Å²) in [4.78, 5) is 3.74. The summed E-state index contributed by atoms with van der Waals surface area (Å²) in [7, 11) is 0. The SMILES string of the molecule is CC(C)(F)c1ccc(N)nc1Cl. The molecule has 1 aromatic heterocycles. The van der Waals surface area contributed by atoms with Crippen molar-refractivity contribution in [2.75, 3.05) is 5.73 Å². The van der Waals surface area contributed by atoms with E-state index in [0.29, 0.717) is 11.4 Å². The van der Waals surface area contributed by atoms with Crippen molar-refractivity contribution in [1.82, 2.24) is 4.98 Å². The van der Waals surface area contributed by atoms with Gasteiger partial charge in [-0.15, -0.1) is 0 Å². The molecule has 4 heteroatoms. The molecule has 0 aromatic carbocycles. The van der Waals surface area contributed by atoms with Crippen molar-refractivity contribution in [3.05, 3.63) is 22.8 Å². The van der Waals surface area contributed by atoms with Crippen LogP contribution in [-0.2, 0) is 5.67 Å². The summed E-state index contributed by atoms with van der Waals surface area (Å²) in [6.07, 6.45) is 0. The number of nitrogens with zero attached hydrogens (tertiary/aromatic N) is 1. The van der Waals surface area contributed by atoms with Gasteiger partial charge in [0.05, 0.1) is 0 Å². The topological polar surface area (TPSA) is 38.9 Å². The van der Waals surface area contributed by atoms with Crippen LogP contribution in [0.25, 0.3) is 0 Å². The molecular weight excluding hydrogens is 179 g/mol. The average Bonchev–Trinajstić information content (AvgIpc) is 1.83. The molecule has 2 N–H and O–H groups in total. The van der Waals surface area contributed by atoms with E-state index in [1.165, 1.54) is 19.9 Å². The summed E-state index contributed by atoms with van der Waals surface area (Å²) in [5, 5.41) is 0.127. The van der Waals surface area contributed by atoms with Crippen LogP contribution in [0.5, 0.6) is 0 Å². The zero-order valence-electron chi connectivity index (χ0n) is 6.94. The highest BCUT2D eigenvalue weighted by molar-refractivity contribution is 6.30. The number of hydrogen-bond acceptors (Lipinski definition) is 2. The predicted molar refractivity (Wildman–Crippen MR) is 47.8 cm³/mol. The number of nitrogen functional groups attached to an aromatic ring is 1. The normalized spacial score (nSPS) is 11.7. The Kier molecular flexibility index (Phi) is 2.24. The predicted octanol–water partition coefficient (Wildman–Crippen LogP) is 2.52. The molecule has 12 heavy (non-hydrogen) atoms. The fourth-order valence-corrected chi connectivity index (χ4v) is 1.28. The summed E-state index contributed by atoms with van der Waals surface area (Å²) in [6.45, 7) is 2.85. The van der Waals surface area contributed by atoms with Crippen molar-refractivity contribution in [3.63, 3.8) is 0 Å². The van der Waals surface area contributed by atoms with E-state index in [1.807, 2.05) is 0 Å². The van der Waals surface area contributed by atoms with Gasteiger partial charge in [0, 0.05) is 5.56 Å². The lowest BCUT2D eigenvalue weighted by Gasteiger charge is -2.15. The molecule has 0 spiro atoms. The third-order valence-electron chi connectivity index (χ3n) is 1.51. The lowest BCUT2D eigenvalue weighted by molar-refractivity contribution is 0.221. The van der Waals surface area contributed by atoms with Crippen LogP contribution >= 0.6 is 11.6 Å². The minimum atomic E-state index is -1.47. The molecule has 0 aliphatic heterocycles. The lowest BCUT2D eigenvalue weighted by atomic mass is 10.0. The highest BCUT2D eigenvalue weighted by Gasteiger charge is 2.22. The number of aromatic nitrogens is 1. The molecule has 0 amide bonds. The zero-order chi connectivity index (χ0) is 9.35. The number of halogens is 2. The van der Waals surface area contributed by atoms with E-state index in [0.717, 1.165) is 0 Å². The van der Waals surface area contributed by atoms with Crippen molar-refractivity contribution in [3.8, 4) is 0 Å². The Labute approximate surface area is 75.6 Å². The maximum Gasteiger partial charge on any atom is 0.137 e. The molecule has 0 aliphatic rings. The molecule has 1 aromatic rings. The quantitative estimate of drug-likeness (QED) is 0.688. The Morgan fingerprint density at radius 2 is 2.08 bits per heavy atom. The van der Waals surface area contributed by atoms with Crippen LogP contribution in [0.4, 0.5) is 10.2 Å². The van der Waals surface area contributed by atoms with Gasteiger partial charge in [-0.1, -0.05) is 11.6 Å². The van der Waals surface area contributed by atoms with E-state index in [1.54, 1.807) is 6.07 Å². The van der Waals surface area contributed by atoms with Crippen molar-refractivity contribution < 1.29 is 4.39 Å². The highest BCUT2D eigenvalue weighted by Crippen LogP contribution is 2.29. The van der Waals surface area contributed by atoms with Gasteiger partial charge in [-0.05, 0) is 26.0 Å². The van der Waals surface area contributed by atoms with Gasteiger partial charge in [0.2, 0.25) is 0 Å². The van der Waals surface area contributed by atoms with Gasteiger partial charge < -0.3 is 5.73 Å². The van der Waals surface area contributed by atoms with Gasteiger partial charge in [0.15, 0.2) is 0 Å². The van der Waals surface area contributed by atoms with Gasteiger partial charge >= 0.3 is 0 Å². The third-order valence-corrected chi connectivity index (χ3v) is 1.80. The molecule has 0 fully saturated rings. The number of rotatable bonds is 1. The van der Waals surface area contributed by atoms with Crippen molar-refractivity contribution >= 4 is 17.4 Å². The third kappa shape index (κ3) is 1.85. The monoisotopic (exact) mass is 188 g/mol. The maximum absolute atomic E-state index is 13.3. The molecule has 66 valence electrons. The van der Waals surface area contributed by atoms with Crippen LogP contribution in [0, 0.1) is 0 Å². The van der Waals surface area contributed by atoms with E-state index in [2.05, 4.69) is 4.98 Å². The van der Waals surface area contributed by atoms with Gasteiger partial charge in [-0.25, -0.2) is 9.37 Å². The Morgan fingerprint density at radius 1 is 1.50 bits per heavy atom. The van der Waals surface area contributed by atoms with Gasteiger partial charge in [0.1, 0.15) is 16.6 Å². The van der Waals surface area contributed by atoms with Gasteiger partial charge in [-0.3, -0.25) is 0 Å². The van der Waals surface area contributed by atoms with Crippen molar-refractivity contribution in [1.29, 1.82) is 0 Å². The second kappa shape index (κ2) is 2.90. The lowest BCUT2D eigenvalue weighted by Crippen LogP contribution is -2.10. The fraction of sp³-hybridized carbons (Fsp3) is 0.375. The van der Waals surface area contributed by atoms with Crippen LogP contribution in [0.2, 0.25) is 5.15 Å². The standard InChI is InChI=1S/C8H10ClFN2/c1-8(2,10)5-3-4-6(11)12-7(5)9/h3-4H,1-2H3,(H2,11,12). The molecule has 0 bridgehead atoms. The first-order valence-electron chi connectivity index (χ1n) is 3.52. The number of nitrogens with two attached hydrogens (primary N) is 1. The van der Waals surface area contributed by atoms with Crippen LogP contribution in [0.3, 0.4) is 0 Å². The van der Waals surface area contributed by atoms with E-state index >= 15 is 0 Å². The molecule has 0 saturated carbocycles. The van der Waals surface area contributed by atoms with Crippen LogP contribution in [0.1, 0.15) is 19.4 Å². The summed E-state index contributed by atoms with van der Waals surface area (Å²) in [6, 6.07) is 3.08. The molecular formula is C8H10ClFN2. The van der Waals surface area contributed by atoms with E-state index < -0.39 is 5.67 Å². The number of anilines is 1. The largest absolute Gasteiger partial charge is 0.384 e. The number of hydrogen-bond donors (Lipinski definition) is 1. The first-order chi connectivity index (χ1) is 5.41. The molecule has 0 radical (unpaired) electrons. The summed E-state index contributed by atoms with van der Waals surface area (Å²) < 4.78 is 13.3. The molecule has 0 saturated heterocycles. The smallest absolute Gasteiger partial charge is 0.137 e. The van der Waals surface area contributed by atoms with Crippen molar-refractivity contribution in [2.45, 2.75) is 19.5 Å². The van der Waals surface area contributed by atoms with Crippen LogP contribution in [-0.4, -0.2) is 4.98 Å². The summed E-state index contributed by atoms with van der Waals surface area (Å²) in [5.41, 5.74) is 4.24. The van der Waals surface area contributed by atoms with Crippen molar-refractivity contribution in [2.24, 2.45) is 0 Å². The first-order valence-corrected chi connectivity index (χ1v) is 3.90. The number of alkyl halides is 1. The second-order valence-electron chi connectivity index (χ2n) is 3.05. The molecule has 0 aliphatic carbocycles. The van der Waals surface area contributed by atoms with Crippen LogP contribution < -0.4 is 5.73 Å². The summed E-state index contributed by atoms with van der Waals surface area (Å²) >= 11 is 5.68. The molecule has 1 heterocycles. The van der Waals surface area contributed by atoms with E-state index in [-0.39, 0.29) is 5.15 Å². The average molecular weight is 189 g/mol. The highest BCUT2D eigenvalue weighted by atomic mass is 35.5. The fourth-order valence-electron chi connectivity index (χ4n) is 0.892. The Morgan fingerprint density at radius 3 is 2.50 bits per heavy atom. The minimum Gasteiger partial charge on any atom is -0.384 e. The molecule has 1 rings (SSSR count). The Hall–Kier alpha value is -0.830. The van der Waals surface area contributed by atoms with Gasteiger partial charge in [-0.2, -0.15) is 0 Å². The maximum atomic E-state index is 13.3. The van der Waals surface area contributed by atoms with Gasteiger partial charge in [0.25, 0.3) is 0 Å². The second-order valence-corrected chi connectivity index (χ2v) is 3.40. The molecule has 2 nitrogen and oxygen atoms in total.